The van der Waals surface area contributed by atoms with Crippen LogP contribution < -0.4 is 15.4 Å². The van der Waals surface area contributed by atoms with Crippen LogP contribution in [-0.2, 0) is 6.54 Å². The standard InChI is InChI=1S/C14H20FN3O.HI/c1-3-16-14(18-11-5-6-11)17-9-10-4-7-13(19-2)12(15)8-10;/h4,7-8,11H,3,5-6,9H2,1-2H3,(H2,16,17,18);1H. The molecule has 0 spiro atoms. The van der Waals surface area contributed by atoms with Crippen molar-refractivity contribution in [2.24, 2.45) is 4.99 Å². The lowest BCUT2D eigenvalue weighted by molar-refractivity contribution is 0.386. The van der Waals surface area contributed by atoms with E-state index in [0.29, 0.717) is 12.6 Å². The molecule has 0 bridgehead atoms. The summed E-state index contributed by atoms with van der Waals surface area (Å²) in [6.45, 7) is 3.29. The number of benzene rings is 1. The minimum Gasteiger partial charge on any atom is -0.494 e. The van der Waals surface area contributed by atoms with Gasteiger partial charge in [0.2, 0.25) is 0 Å². The van der Waals surface area contributed by atoms with Crippen LogP contribution >= 0.6 is 24.0 Å². The predicted molar refractivity (Wildman–Crippen MR) is 89.3 cm³/mol. The second kappa shape index (κ2) is 8.28. The molecule has 0 radical (unpaired) electrons. The van der Waals surface area contributed by atoms with Crippen LogP contribution in [0.25, 0.3) is 0 Å². The Morgan fingerprint density at radius 2 is 2.20 bits per heavy atom. The van der Waals surface area contributed by atoms with Gasteiger partial charge in [-0.25, -0.2) is 9.38 Å². The number of halogens is 2. The van der Waals surface area contributed by atoms with Crippen molar-refractivity contribution in [3.63, 3.8) is 0 Å². The van der Waals surface area contributed by atoms with Gasteiger partial charge in [-0.05, 0) is 37.5 Å². The molecule has 0 heterocycles. The van der Waals surface area contributed by atoms with E-state index < -0.39 is 0 Å². The highest BCUT2D eigenvalue weighted by molar-refractivity contribution is 14.0. The van der Waals surface area contributed by atoms with Crippen LogP contribution in [0.3, 0.4) is 0 Å². The van der Waals surface area contributed by atoms with Crippen molar-refractivity contribution in [3.05, 3.63) is 29.6 Å². The predicted octanol–water partition coefficient (Wildman–Crippen LogP) is 2.67. The van der Waals surface area contributed by atoms with Gasteiger partial charge in [-0.15, -0.1) is 24.0 Å². The lowest BCUT2D eigenvalue weighted by Gasteiger charge is -2.10. The number of ether oxygens (including phenoxy) is 1. The Bertz CT molecular complexity index is 464. The van der Waals surface area contributed by atoms with Crippen LogP contribution in [0.2, 0.25) is 0 Å². The van der Waals surface area contributed by atoms with E-state index in [4.69, 9.17) is 4.74 Å². The molecule has 112 valence electrons. The minimum atomic E-state index is -0.352. The highest BCUT2D eigenvalue weighted by atomic mass is 127. The van der Waals surface area contributed by atoms with Gasteiger partial charge >= 0.3 is 0 Å². The summed E-state index contributed by atoms with van der Waals surface area (Å²) >= 11 is 0. The fraction of sp³-hybridized carbons (Fsp3) is 0.500. The first-order valence-electron chi connectivity index (χ1n) is 6.60. The Kier molecular flexibility index (Phi) is 7.04. The van der Waals surface area contributed by atoms with Gasteiger partial charge in [0.05, 0.1) is 13.7 Å². The first kappa shape index (κ1) is 17.0. The molecule has 0 saturated heterocycles. The van der Waals surface area contributed by atoms with Gasteiger partial charge in [0.1, 0.15) is 0 Å². The molecule has 1 aromatic carbocycles. The zero-order valence-corrected chi connectivity index (χ0v) is 14.1. The van der Waals surface area contributed by atoms with Crippen LogP contribution in [-0.4, -0.2) is 25.7 Å². The Morgan fingerprint density at radius 1 is 1.45 bits per heavy atom. The van der Waals surface area contributed by atoms with Gasteiger partial charge in [0.25, 0.3) is 0 Å². The Morgan fingerprint density at radius 3 is 2.75 bits per heavy atom. The van der Waals surface area contributed by atoms with Crippen molar-refractivity contribution in [2.75, 3.05) is 13.7 Å². The Hall–Kier alpha value is -1.05. The maximum atomic E-state index is 13.5. The molecule has 20 heavy (non-hydrogen) atoms. The lowest BCUT2D eigenvalue weighted by Crippen LogP contribution is -2.38. The summed E-state index contributed by atoms with van der Waals surface area (Å²) in [5.41, 5.74) is 0.825. The number of nitrogens with one attached hydrogen (secondary N) is 2. The van der Waals surface area contributed by atoms with E-state index >= 15 is 0 Å². The van der Waals surface area contributed by atoms with Crippen molar-refractivity contribution in [1.29, 1.82) is 0 Å². The minimum absolute atomic E-state index is 0. The summed E-state index contributed by atoms with van der Waals surface area (Å²) in [7, 11) is 1.46. The van der Waals surface area contributed by atoms with Gasteiger partial charge in [-0.2, -0.15) is 0 Å². The highest BCUT2D eigenvalue weighted by Gasteiger charge is 2.22. The van der Waals surface area contributed by atoms with E-state index in [1.54, 1.807) is 6.07 Å². The van der Waals surface area contributed by atoms with Crippen molar-refractivity contribution >= 4 is 29.9 Å². The van der Waals surface area contributed by atoms with Crippen molar-refractivity contribution < 1.29 is 9.13 Å². The summed E-state index contributed by atoms with van der Waals surface area (Å²) in [4.78, 5) is 4.45. The van der Waals surface area contributed by atoms with Crippen LogP contribution in [0.4, 0.5) is 4.39 Å². The third kappa shape index (κ3) is 5.15. The molecule has 1 fully saturated rings. The zero-order valence-electron chi connectivity index (χ0n) is 11.8. The van der Waals surface area contributed by atoms with Gasteiger partial charge in [-0.3, -0.25) is 0 Å². The second-order valence-corrected chi connectivity index (χ2v) is 4.58. The van der Waals surface area contributed by atoms with Crippen molar-refractivity contribution in [3.8, 4) is 5.75 Å². The average molecular weight is 393 g/mol. The monoisotopic (exact) mass is 393 g/mol. The second-order valence-electron chi connectivity index (χ2n) is 4.58. The van der Waals surface area contributed by atoms with Crippen molar-refractivity contribution in [1.82, 2.24) is 10.6 Å². The van der Waals surface area contributed by atoms with Crippen LogP contribution in [0.5, 0.6) is 5.75 Å². The first-order valence-corrected chi connectivity index (χ1v) is 6.60. The van der Waals surface area contributed by atoms with E-state index in [2.05, 4.69) is 15.6 Å². The number of hydrogen-bond acceptors (Lipinski definition) is 2. The Balaban J connectivity index is 0.00000200. The first-order chi connectivity index (χ1) is 9.22. The molecule has 2 N–H and O–H groups in total. The molecular formula is C14H21FIN3O. The van der Waals surface area contributed by atoms with Gasteiger partial charge in [0.15, 0.2) is 17.5 Å². The van der Waals surface area contributed by atoms with E-state index in [1.807, 2.05) is 13.0 Å². The summed E-state index contributed by atoms with van der Waals surface area (Å²) in [6.07, 6.45) is 2.39. The van der Waals surface area contributed by atoms with Crippen LogP contribution in [0, 0.1) is 5.82 Å². The summed E-state index contributed by atoms with van der Waals surface area (Å²) < 4.78 is 18.4. The SMILES string of the molecule is CCNC(=NCc1ccc(OC)c(F)c1)NC1CC1.I. The number of aliphatic imine (C=N–C) groups is 1. The topological polar surface area (TPSA) is 45.7 Å². The number of rotatable bonds is 5. The molecule has 0 aliphatic heterocycles. The maximum absolute atomic E-state index is 13.5. The molecule has 6 heteroatoms. The Labute approximate surface area is 136 Å². The number of hydrogen-bond donors (Lipinski definition) is 2. The van der Waals surface area contributed by atoms with Gasteiger partial charge in [0, 0.05) is 12.6 Å². The summed E-state index contributed by atoms with van der Waals surface area (Å²) in [5, 5.41) is 6.50. The molecule has 1 aliphatic rings. The molecule has 0 amide bonds. The normalized spacial score (nSPS) is 14.4. The van der Waals surface area contributed by atoms with Crippen LogP contribution in [0.1, 0.15) is 25.3 Å². The molecule has 4 nitrogen and oxygen atoms in total. The van der Waals surface area contributed by atoms with Crippen LogP contribution in [0.15, 0.2) is 23.2 Å². The quantitative estimate of drug-likeness (QED) is 0.460. The third-order valence-electron chi connectivity index (χ3n) is 2.90. The molecule has 1 saturated carbocycles. The zero-order chi connectivity index (χ0) is 13.7. The number of nitrogens with zero attached hydrogens (tertiary/aromatic N) is 1. The fourth-order valence-electron chi connectivity index (χ4n) is 1.72. The van der Waals surface area contributed by atoms with E-state index in [-0.39, 0.29) is 35.5 Å². The summed E-state index contributed by atoms with van der Waals surface area (Å²) in [6, 6.07) is 5.46. The molecule has 1 aromatic rings. The molecule has 0 atom stereocenters. The smallest absolute Gasteiger partial charge is 0.191 e. The van der Waals surface area contributed by atoms with Gasteiger partial charge in [-0.1, -0.05) is 6.07 Å². The molecule has 1 aliphatic carbocycles. The number of methoxy groups -OCH3 is 1. The largest absolute Gasteiger partial charge is 0.494 e. The molecule has 0 unspecified atom stereocenters. The van der Waals surface area contributed by atoms with Gasteiger partial charge < -0.3 is 15.4 Å². The van der Waals surface area contributed by atoms with E-state index in [9.17, 15) is 4.39 Å². The molecule has 0 aromatic heterocycles. The van der Waals surface area contributed by atoms with Crippen molar-refractivity contribution in [2.45, 2.75) is 32.4 Å². The third-order valence-corrected chi connectivity index (χ3v) is 2.90. The number of guanidine groups is 1. The highest BCUT2D eigenvalue weighted by Crippen LogP contribution is 2.19. The maximum Gasteiger partial charge on any atom is 0.191 e. The average Bonchev–Trinajstić information content (AvgIpc) is 3.20. The lowest BCUT2D eigenvalue weighted by atomic mass is 10.2. The van der Waals surface area contributed by atoms with E-state index in [1.165, 1.54) is 26.0 Å². The molecule has 2 rings (SSSR count). The molecular weight excluding hydrogens is 372 g/mol. The summed E-state index contributed by atoms with van der Waals surface area (Å²) in [5.74, 6) is 0.701. The fourth-order valence-corrected chi connectivity index (χ4v) is 1.72. The van der Waals surface area contributed by atoms with E-state index in [0.717, 1.165) is 18.1 Å².